The molecule has 0 aromatic carbocycles. The van der Waals surface area contributed by atoms with E-state index in [1.165, 1.54) is 4.90 Å². The molecule has 0 bridgehead atoms. The van der Waals surface area contributed by atoms with E-state index in [4.69, 9.17) is 0 Å². The molecule has 1 saturated heterocycles. The average Bonchev–Trinajstić information content (AvgIpc) is 2.77. The van der Waals surface area contributed by atoms with Gasteiger partial charge in [0, 0.05) is 19.3 Å². The quantitative estimate of drug-likeness (QED) is 0.860. The molecule has 1 aromatic heterocycles. The Morgan fingerprint density at radius 3 is 2.70 bits per heavy atom. The van der Waals surface area contributed by atoms with E-state index in [1.807, 2.05) is 0 Å². The molecular formula is C12H13F3N2O3. The molecule has 1 amide bonds. The molecule has 0 aliphatic carbocycles. The molecule has 2 rings (SSSR count). The number of rotatable bonds is 2. The number of pyridine rings is 1. The first-order chi connectivity index (χ1) is 9.29. The molecular weight excluding hydrogens is 277 g/mol. The fourth-order valence-corrected chi connectivity index (χ4v) is 2.09. The van der Waals surface area contributed by atoms with E-state index in [0.29, 0.717) is 19.0 Å². The van der Waals surface area contributed by atoms with Crippen LogP contribution in [0.25, 0.3) is 0 Å². The minimum Gasteiger partial charge on any atom is -0.391 e. The first kappa shape index (κ1) is 14.6. The lowest BCUT2D eigenvalue weighted by Gasteiger charge is -2.17. The highest BCUT2D eigenvalue weighted by Crippen LogP contribution is 2.25. The number of hydrogen-bond donors (Lipinski definition) is 1. The van der Waals surface area contributed by atoms with Gasteiger partial charge in [-0.2, -0.15) is 13.2 Å². The third-order valence-electron chi connectivity index (χ3n) is 3.15. The largest absolute Gasteiger partial charge is 0.421 e. The summed E-state index contributed by atoms with van der Waals surface area (Å²) in [6.07, 6.45) is -3.78. The van der Waals surface area contributed by atoms with Gasteiger partial charge in [0.15, 0.2) is 0 Å². The number of β-amino-alcohol motifs (C(OH)–C–C–N with tert-alkyl or cyclic N) is 1. The molecule has 1 atom stereocenters. The van der Waals surface area contributed by atoms with E-state index in [1.54, 1.807) is 0 Å². The third-order valence-corrected chi connectivity index (χ3v) is 3.15. The molecule has 0 saturated carbocycles. The number of aliphatic hydroxyl groups is 1. The number of hydrogen-bond acceptors (Lipinski definition) is 3. The van der Waals surface area contributed by atoms with Crippen molar-refractivity contribution < 1.29 is 23.1 Å². The number of carbonyl (C=O) groups is 1. The molecule has 5 nitrogen and oxygen atoms in total. The summed E-state index contributed by atoms with van der Waals surface area (Å²) in [5.41, 5.74) is -2.54. The Bertz CT molecular complexity index is 568. The van der Waals surface area contributed by atoms with Gasteiger partial charge >= 0.3 is 6.18 Å². The Morgan fingerprint density at radius 2 is 2.15 bits per heavy atom. The average molecular weight is 290 g/mol. The van der Waals surface area contributed by atoms with Gasteiger partial charge in [0.1, 0.15) is 12.1 Å². The van der Waals surface area contributed by atoms with Crippen LogP contribution in [0.1, 0.15) is 12.0 Å². The van der Waals surface area contributed by atoms with Crippen LogP contribution in [-0.2, 0) is 17.5 Å². The van der Waals surface area contributed by atoms with Crippen LogP contribution in [0.5, 0.6) is 0 Å². The molecule has 1 fully saturated rings. The zero-order valence-corrected chi connectivity index (χ0v) is 10.4. The van der Waals surface area contributed by atoms with E-state index in [9.17, 15) is 27.9 Å². The maximum atomic E-state index is 12.6. The summed E-state index contributed by atoms with van der Waals surface area (Å²) >= 11 is 0. The van der Waals surface area contributed by atoms with Crippen LogP contribution in [0.4, 0.5) is 13.2 Å². The van der Waals surface area contributed by atoms with Crippen molar-refractivity contribution in [2.24, 2.45) is 0 Å². The molecule has 1 aromatic rings. The van der Waals surface area contributed by atoms with Crippen LogP contribution in [0.15, 0.2) is 23.1 Å². The second-order valence-electron chi connectivity index (χ2n) is 4.63. The number of likely N-dealkylation sites (tertiary alicyclic amines) is 1. The molecule has 2 heterocycles. The van der Waals surface area contributed by atoms with Gasteiger partial charge in [-0.3, -0.25) is 9.59 Å². The summed E-state index contributed by atoms with van der Waals surface area (Å²) in [5.74, 6) is -0.483. The van der Waals surface area contributed by atoms with Crippen molar-refractivity contribution in [1.82, 2.24) is 9.47 Å². The van der Waals surface area contributed by atoms with Crippen molar-refractivity contribution in [3.8, 4) is 0 Å². The van der Waals surface area contributed by atoms with Crippen molar-refractivity contribution >= 4 is 5.91 Å². The molecule has 1 aliphatic rings. The highest BCUT2D eigenvalue weighted by Gasteiger charge is 2.34. The number of aromatic nitrogens is 1. The minimum atomic E-state index is -4.74. The van der Waals surface area contributed by atoms with Gasteiger partial charge in [0.2, 0.25) is 5.91 Å². The van der Waals surface area contributed by atoms with Gasteiger partial charge in [0.05, 0.1) is 6.10 Å². The van der Waals surface area contributed by atoms with Gasteiger partial charge < -0.3 is 14.6 Å². The fourth-order valence-electron chi connectivity index (χ4n) is 2.09. The fraction of sp³-hybridized carbons (Fsp3) is 0.500. The van der Waals surface area contributed by atoms with Crippen LogP contribution in [0, 0.1) is 0 Å². The van der Waals surface area contributed by atoms with Gasteiger partial charge in [-0.15, -0.1) is 0 Å². The van der Waals surface area contributed by atoms with Crippen molar-refractivity contribution in [3.05, 3.63) is 34.2 Å². The van der Waals surface area contributed by atoms with Crippen LogP contribution in [0.3, 0.4) is 0 Å². The van der Waals surface area contributed by atoms with E-state index in [0.717, 1.165) is 16.8 Å². The van der Waals surface area contributed by atoms with Crippen LogP contribution in [-0.4, -0.2) is 39.7 Å². The van der Waals surface area contributed by atoms with Crippen molar-refractivity contribution in [1.29, 1.82) is 0 Å². The molecule has 20 heavy (non-hydrogen) atoms. The van der Waals surface area contributed by atoms with E-state index in [2.05, 4.69) is 0 Å². The van der Waals surface area contributed by atoms with Crippen LogP contribution >= 0.6 is 0 Å². The van der Waals surface area contributed by atoms with E-state index in [-0.39, 0.29) is 6.54 Å². The Labute approximate surface area is 112 Å². The second kappa shape index (κ2) is 5.28. The molecule has 8 heteroatoms. The molecule has 0 radical (unpaired) electrons. The van der Waals surface area contributed by atoms with Crippen LogP contribution in [0.2, 0.25) is 0 Å². The van der Waals surface area contributed by atoms with E-state index >= 15 is 0 Å². The number of aliphatic hydroxyl groups excluding tert-OH is 1. The number of alkyl halides is 3. The summed E-state index contributed by atoms with van der Waals surface area (Å²) < 4.78 is 38.5. The van der Waals surface area contributed by atoms with Gasteiger partial charge in [-0.05, 0) is 18.6 Å². The molecule has 0 unspecified atom stereocenters. The number of amides is 1. The van der Waals surface area contributed by atoms with Gasteiger partial charge in [-0.1, -0.05) is 0 Å². The zero-order chi connectivity index (χ0) is 14.9. The predicted octanol–water partition coefficient (Wildman–Crippen LogP) is 0.460. The first-order valence-electron chi connectivity index (χ1n) is 6.01. The third kappa shape index (κ3) is 3.01. The highest BCUT2D eigenvalue weighted by atomic mass is 19.4. The topological polar surface area (TPSA) is 62.5 Å². The summed E-state index contributed by atoms with van der Waals surface area (Å²) in [6.45, 7) is 0.0235. The molecule has 110 valence electrons. The Kier molecular flexibility index (Phi) is 3.85. The van der Waals surface area contributed by atoms with Gasteiger partial charge in [0.25, 0.3) is 5.56 Å². The standard InChI is InChI=1S/C12H13F3N2O3/c13-12(14,15)9-2-1-4-17(11(9)20)7-10(19)16-5-3-8(18)6-16/h1-2,4,8,18H,3,5-7H2/t8-/m1/s1. The second-order valence-corrected chi connectivity index (χ2v) is 4.63. The molecule has 0 spiro atoms. The van der Waals surface area contributed by atoms with Gasteiger partial charge in [-0.25, -0.2) is 0 Å². The summed E-state index contributed by atoms with van der Waals surface area (Å²) in [7, 11) is 0. The monoisotopic (exact) mass is 290 g/mol. The van der Waals surface area contributed by atoms with Crippen molar-refractivity contribution in [3.63, 3.8) is 0 Å². The predicted molar refractivity (Wildman–Crippen MR) is 62.9 cm³/mol. The molecule has 1 N–H and O–H groups in total. The Hall–Kier alpha value is -1.83. The maximum absolute atomic E-state index is 12.6. The van der Waals surface area contributed by atoms with Crippen molar-refractivity contribution in [2.45, 2.75) is 25.2 Å². The maximum Gasteiger partial charge on any atom is 0.421 e. The smallest absolute Gasteiger partial charge is 0.391 e. The normalized spacial score (nSPS) is 19.4. The van der Waals surface area contributed by atoms with Crippen molar-refractivity contribution in [2.75, 3.05) is 13.1 Å². The zero-order valence-electron chi connectivity index (χ0n) is 10.4. The van der Waals surface area contributed by atoms with Crippen LogP contribution < -0.4 is 5.56 Å². The lowest BCUT2D eigenvalue weighted by Crippen LogP contribution is -2.37. The lowest BCUT2D eigenvalue weighted by atomic mass is 10.2. The number of carbonyl (C=O) groups excluding carboxylic acids is 1. The molecule has 1 aliphatic heterocycles. The SMILES string of the molecule is O=C(Cn1cccc(C(F)(F)F)c1=O)N1CC[C@@H](O)C1. The Morgan fingerprint density at radius 1 is 1.45 bits per heavy atom. The number of halogens is 3. The minimum absolute atomic E-state index is 0.145. The summed E-state index contributed by atoms with van der Waals surface area (Å²) in [5, 5.41) is 9.31. The Balaban J connectivity index is 2.18. The number of nitrogens with zero attached hydrogens (tertiary/aromatic N) is 2. The van der Waals surface area contributed by atoms with E-state index < -0.39 is 35.9 Å². The summed E-state index contributed by atoms with van der Waals surface area (Å²) in [4.78, 5) is 24.8. The lowest BCUT2D eigenvalue weighted by molar-refractivity contribution is -0.139. The summed E-state index contributed by atoms with van der Waals surface area (Å²) in [6, 6.07) is 1.76. The first-order valence-corrected chi connectivity index (χ1v) is 6.01. The highest BCUT2D eigenvalue weighted by molar-refractivity contribution is 5.76.